The van der Waals surface area contributed by atoms with Gasteiger partial charge in [0.05, 0.1) is 12.8 Å². The van der Waals surface area contributed by atoms with Gasteiger partial charge in [-0.15, -0.1) is 0 Å². The van der Waals surface area contributed by atoms with Crippen LogP contribution in [0.15, 0.2) is 30.5 Å². The van der Waals surface area contributed by atoms with Crippen LogP contribution in [0, 0.1) is 0 Å². The summed E-state index contributed by atoms with van der Waals surface area (Å²) in [5.74, 6) is 0.322. The van der Waals surface area contributed by atoms with Gasteiger partial charge in [0.1, 0.15) is 5.75 Å². The summed E-state index contributed by atoms with van der Waals surface area (Å²) in [5, 5.41) is 6.71. The highest BCUT2D eigenvalue weighted by Crippen LogP contribution is 2.18. The molecule has 3 N–H and O–H groups in total. The molecule has 0 fully saturated rings. The van der Waals surface area contributed by atoms with Crippen molar-refractivity contribution in [2.45, 2.75) is 0 Å². The summed E-state index contributed by atoms with van der Waals surface area (Å²) in [6, 6.07) is 7.07. The van der Waals surface area contributed by atoms with Crippen molar-refractivity contribution in [3.05, 3.63) is 36.2 Å². The van der Waals surface area contributed by atoms with Crippen LogP contribution in [0.5, 0.6) is 5.75 Å². The molecule has 2 rings (SSSR count). The molecule has 0 bridgehead atoms. The van der Waals surface area contributed by atoms with Crippen LogP contribution in [-0.4, -0.2) is 22.8 Å². The number of amides is 1. The third-order valence-corrected chi connectivity index (χ3v) is 2.40. The molecule has 94 valence electrons. The van der Waals surface area contributed by atoms with E-state index in [-0.39, 0.29) is 11.6 Å². The fourth-order valence-electron chi connectivity index (χ4n) is 1.57. The van der Waals surface area contributed by atoms with E-state index in [2.05, 4.69) is 10.4 Å². The van der Waals surface area contributed by atoms with Crippen LogP contribution in [0.25, 0.3) is 0 Å². The number of anilines is 2. The monoisotopic (exact) mass is 246 g/mol. The van der Waals surface area contributed by atoms with Crippen LogP contribution >= 0.6 is 0 Å². The van der Waals surface area contributed by atoms with E-state index < -0.39 is 0 Å². The molecule has 0 aliphatic rings. The minimum absolute atomic E-state index is 0.209. The zero-order valence-corrected chi connectivity index (χ0v) is 10.2. The summed E-state index contributed by atoms with van der Waals surface area (Å²) in [7, 11) is 3.27. The van der Waals surface area contributed by atoms with Gasteiger partial charge < -0.3 is 15.8 Å². The second-order valence-corrected chi connectivity index (χ2v) is 3.79. The number of nitrogens with one attached hydrogen (secondary N) is 1. The molecule has 18 heavy (non-hydrogen) atoms. The van der Waals surface area contributed by atoms with E-state index in [9.17, 15) is 4.79 Å². The average molecular weight is 246 g/mol. The lowest BCUT2D eigenvalue weighted by Gasteiger charge is -2.05. The van der Waals surface area contributed by atoms with E-state index in [4.69, 9.17) is 10.5 Å². The van der Waals surface area contributed by atoms with E-state index in [0.29, 0.717) is 17.1 Å². The zero-order valence-electron chi connectivity index (χ0n) is 10.2. The van der Waals surface area contributed by atoms with Crippen LogP contribution < -0.4 is 15.8 Å². The second kappa shape index (κ2) is 4.79. The number of ether oxygens (including phenoxy) is 1. The molecule has 0 spiro atoms. The number of hydrogen-bond donors (Lipinski definition) is 2. The third kappa shape index (κ3) is 2.42. The van der Waals surface area contributed by atoms with E-state index in [1.165, 1.54) is 4.68 Å². The molecule has 0 unspecified atom stereocenters. The highest BCUT2D eigenvalue weighted by Gasteiger charge is 2.14. The minimum Gasteiger partial charge on any atom is -0.497 e. The molecule has 0 aliphatic carbocycles. The van der Waals surface area contributed by atoms with Crippen molar-refractivity contribution >= 4 is 17.3 Å². The van der Waals surface area contributed by atoms with Gasteiger partial charge in [0.2, 0.25) is 0 Å². The molecule has 2 aromatic rings. The first-order valence-electron chi connectivity index (χ1n) is 5.34. The van der Waals surface area contributed by atoms with Crippen molar-refractivity contribution in [3.8, 4) is 5.75 Å². The molecule has 1 aromatic heterocycles. The van der Waals surface area contributed by atoms with Gasteiger partial charge in [-0.2, -0.15) is 5.10 Å². The fourth-order valence-corrected chi connectivity index (χ4v) is 1.57. The Morgan fingerprint density at radius 1 is 1.50 bits per heavy atom. The van der Waals surface area contributed by atoms with Gasteiger partial charge in [0, 0.05) is 25.0 Å². The van der Waals surface area contributed by atoms with Crippen molar-refractivity contribution < 1.29 is 9.53 Å². The molecule has 0 aliphatic heterocycles. The molecule has 0 saturated carbocycles. The van der Waals surface area contributed by atoms with Gasteiger partial charge in [-0.05, 0) is 12.1 Å². The molecule has 0 saturated heterocycles. The lowest BCUT2D eigenvalue weighted by atomic mass is 10.3. The maximum Gasteiger partial charge on any atom is 0.278 e. The number of benzene rings is 1. The van der Waals surface area contributed by atoms with Crippen molar-refractivity contribution in [2.75, 3.05) is 18.2 Å². The number of hydrogen-bond acceptors (Lipinski definition) is 4. The number of aromatic nitrogens is 2. The van der Waals surface area contributed by atoms with E-state index in [1.807, 2.05) is 0 Å². The van der Waals surface area contributed by atoms with Crippen molar-refractivity contribution in [3.63, 3.8) is 0 Å². The maximum absolute atomic E-state index is 11.9. The van der Waals surface area contributed by atoms with Crippen molar-refractivity contribution in [1.29, 1.82) is 0 Å². The Bertz CT molecular complexity index is 577. The standard InChI is InChI=1S/C12H14N4O2/c1-16-7-10(13)11(15-16)12(17)14-8-4-3-5-9(6-8)18-2/h3-7H,13H2,1-2H3,(H,14,17). The molecule has 1 aromatic carbocycles. The summed E-state index contributed by atoms with van der Waals surface area (Å²) in [4.78, 5) is 11.9. The Hall–Kier alpha value is -2.50. The molecule has 6 nitrogen and oxygen atoms in total. The first-order valence-corrected chi connectivity index (χ1v) is 5.34. The SMILES string of the molecule is COc1cccc(NC(=O)c2nn(C)cc2N)c1. The Balaban J connectivity index is 2.18. The smallest absolute Gasteiger partial charge is 0.278 e. The molecule has 1 amide bonds. The first-order chi connectivity index (χ1) is 8.60. The predicted molar refractivity (Wildman–Crippen MR) is 68.6 cm³/mol. The Morgan fingerprint density at radius 3 is 2.89 bits per heavy atom. The van der Waals surface area contributed by atoms with Crippen LogP contribution in [0.3, 0.4) is 0 Å². The summed E-state index contributed by atoms with van der Waals surface area (Å²) in [6.45, 7) is 0. The Morgan fingerprint density at radius 2 is 2.28 bits per heavy atom. The minimum atomic E-state index is -0.346. The highest BCUT2D eigenvalue weighted by atomic mass is 16.5. The summed E-state index contributed by atoms with van der Waals surface area (Å²) < 4.78 is 6.57. The number of carbonyl (C=O) groups is 1. The molecule has 0 radical (unpaired) electrons. The van der Waals surface area contributed by atoms with Gasteiger partial charge in [-0.3, -0.25) is 9.48 Å². The number of nitrogens with zero attached hydrogens (tertiary/aromatic N) is 2. The van der Waals surface area contributed by atoms with E-state index in [1.54, 1.807) is 44.6 Å². The quantitative estimate of drug-likeness (QED) is 0.854. The largest absolute Gasteiger partial charge is 0.497 e. The average Bonchev–Trinajstić information content (AvgIpc) is 2.69. The number of rotatable bonds is 3. The number of nitrogen functional groups attached to an aromatic ring is 1. The Kier molecular flexibility index (Phi) is 3.18. The van der Waals surface area contributed by atoms with E-state index in [0.717, 1.165) is 0 Å². The topological polar surface area (TPSA) is 82.2 Å². The Labute approximate surface area is 104 Å². The predicted octanol–water partition coefficient (Wildman–Crippen LogP) is 1.26. The summed E-state index contributed by atoms with van der Waals surface area (Å²) >= 11 is 0. The van der Waals surface area contributed by atoms with Gasteiger partial charge in [0.25, 0.3) is 5.91 Å². The zero-order chi connectivity index (χ0) is 13.1. The van der Waals surface area contributed by atoms with Gasteiger partial charge in [-0.1, -0.05) is 6.07 Å². The van der Waals surface area contributed by atoms with Crippen LogP contribution in [0.2, 0.25) is 0 Å². The molecule has 0 atom stereocenters. The van der Waals surface area contributed by atoms with Crippen LogP contribution in [0.4, 0.5) is 11.4 Å². The van der Waals surface area contributed by atoms with Crippen molar-refractivity contribution in [1.82, 2.24) is 9.78 Å². The fraction of sp³-hybridized carbons (Fsp3) is 0.167. The van der Waals surface area contributed by atoms with Crippen molar-refractivity contribution in [2.24, 2.45) is 7.05 Å². The second-order valence-electron chi connectivity index (χ2n) is 3.79. The first kappa shape index (κ1) is 12.0. The summed E-state index contributed by atoms with van der Waals surface area (Å²) in [6.07, 6.45) is 1.58. The van der Waals surface area contributed by atoms with Gasteiger partial charge in [0.15, 0.2) is 5.69 Å². The highest BCUT2D eigenvalue weighted by molar-refractivity contribution is 6.06. The molecular weight excluding hydrogens is 232 g/mol. The van der Waals surface area contributed by atoms with Crippen LogP contribution in [-0.2, 0) is 7.05 Å². The number of methoxy groups -OCH3 is 1. The normalized spacial score (nSPS) is 10.1. The van der Waals surface area contributed by atoms with Gasteiger partial charge >= 0.3 is 0 Å². The lowest BCUT2D eigenvalue weighted by Crippen LogP contribution is -2.14. The van der Waals surface area contributed by atoms with Crippen LogP contribution in [0.1, 0.15) is 10.5 Å². The molecule has 6 heteroatoms. The summed E-state index contributed by atoms with van der Waals surface area (Å²) in [5.41, 5.74) is 6.87. The number of aryl methyl sites for hydroxylation is 1. The number of carbonyl (C=O) groups excluding carboxylic acids is 1. The van der Waals surface area contributed by atoms with Gasteiger partial charge in [-0.25, -0.2) is 0 Å². The number of nitrogens with two attached hydrogens (primary N) is 1. The maximum atomic E-state index is 11.9. The third-order valence-electron chi connectivity index (χ3n) is 2.40. The lowest BCUT2D eigenvalue weighted by molar-refractivity contribution is 0.102. The van der Waals surface area contributed by atoms with E-state index >= 15 is 0 Å². The molecule has 1 heterocycles. The molecular formula is C12H14N4O2.